The van der Waals surface area contributed by atoms with Crippen LogP contribution in [0.1, 0.15) is 105 Å². The van der Waals surface area contributed by atoms with Gasteiger partial charge in [0.15, 0.2) is 0 Å². The van der Waals surface area contributed by atoms with Gasteiger partial charge in [-0.05, 0) is 98.3 Å². The molecule has 0 amide bonds. The van der Waals surface area contributed by atoms with Crippen LogP contribution < -0.4 is 5.32 Å². The van der Waals surface area contributed by atoms with Gasteiger partial charge < -0.3 is 10.1 Å². The summed E-state index contributed by atoms with van der Waals surface area (Å²) in [7, 11) is 1.81. The van der Waals surface area contributed by atoms with E-state index in [9.17, 15) is 4.79 Å². The lowest BCUT2D eigenvalue weighted by Gasteiger charge is -2.58. The average Bonchev–Trinajstić information content (AvgIpc) is 3.11. The zero-order valence-electron chi connectivity index (χ0n) is 22.4. The molecule has 0 saturated heterocycles. The summed E-state index contributed by atoms with van der Waals surface area (Å²) in [5, 5.41) is 2.92. The largest absolute Gasteiger partial charge is 0.461 e. The van der Waals surface area contributed by atoms with E-state index in [2.05, 4.69) is 46.0 Å². The van der Waals surface area contributed by atoms with Crippen molar-refractivity contribution in [1.29, 1.82) is 0 Å². The van der Waals surface area contributed by atoms with E-state index in [1.165, 1.54) is 57.8 Å². The Morgan fingerprint density at radius 2 is 1.88 bits per heavy atom. The minimum atomic E-state index is -0.103. The minimum absolute atomic E-state index is 0.0816. The fourth-order valence-electron chi connectivity index (χ4n) is 9.12. The third-order valence-electron chi connectivity index (χ3n) is 10.9. The molecule has 0 aromatic heterocycles. The molecular formula is C30H51NO2. The molecule has 0 radical (unpaired) electrons. The minimum Gasteiger partial charge on any atom is -0.461 e. The van der Waals surface area contributed by atoms with Crippen LogP contribution >= 0.6 is 0 Å². The van der Waals surface area contributed by atoms with E-state index in [1.807, 2.05) is 0 Å². The number of nitrogens with one attached hydrogen (secondary N) is 1. The molecule has 3 fully saturated rings. The molecule has 188 valence electrons. The van der Waals surface area contributed by atoms with Crippen molar-refractivity contribution >= 4 is 5.97 Å². The number of hydrogen-bond donors (Lipinski definition) is 1. The lowest BCUT2D eigenvalue weighted by molar-refractivity contribution is -0.150. The Morgan fingerprint density at radius 1 is 1.09 bits per heavy atom. The number of carbonyl (C=O) groups is 1. The average molecular weight is 458 g/mol. The molecule has 4 rings (SSSR count). The SMILES string of the molecule is CNCC(=O)OC1CC[C@@]2(C)C(=CC[C@H]3[C@@H]4CC[C@H]([C@H](C)CCCC(C)C)[C@@]4(C)CC[C@@H]32)C1. The van der Waals surface area contributed by atoms with E-state index in [0.717, 1.165) is 48.3 Å². The monoisotopic (exact) mass is 457 g/mol. The summed E-state index contributed by atoms with van der Waals surface area (Å²) in [6.07, 6.45) is 17.1. The van der Waals surface area contributed by atoms with Crippen LogP contribution in [-0.4, -0.2) is 25.7 Å². The number of likely N-dealkylation sites (N-methyl/N-ethyl adjacent to an activating group) is 1. The van der Waals surface area contributed by atoms with Crippen molar-refractivity contribution in [2.45, 2.75) is 111 Å². The van der Waals surface area contributed by atoms with Crippen LogP contribution in [0.4, 0.5) is 0 Å². The van der Waals surface area contributed by atoms with Gasteiger partial charge >= 0.3 is 5.97 Å². The zero-order valence-corrected chi connectivity index (χ0v) is 22.4. The fourth-order valence-corrected chi connectivity index (χ4v) is 9.12. The summed E-state index contributed by atoms with van der Waals surface area (Å²) in [6.45, 7) is 12.9. The predicted octanol–water partition coefficient (Wildman–Crippen LogP) is 7.16. The number of allylic oxidation sites excluding steroid dienone is 1. The van der Waals surface area contributed by atoms with E-state index >= 15 is 0 Å². The topological polar surface area (TPSA) is 38.3 Å². The van der Waals surface area contributed by atoms with Crippen molar-refractivity contribution in [1.82, 2.24) is 5.32 Å². The first-order valence-electron chi connectivity index (χ1n) is 14.2. The Hall–Kier alpha value is -0.830. The Labute approximate surface area is 203 Å². The molecule has 0 bridgehead atoms. The van der Waals surface area contributed by atoms with Crippen LogP contribution in [0, 0.1) is 46.3 Å². The number of hydrogen-bond acceptors (Lipinski definition) is 3. The molecule has 0 aromatic carbocycles. The molecule has 1 unspecified atom stereocenters. The Bertz CT molecular complexity index is 729. The van der Waals surface area contributed by atoms with E-state index in [-0.39, 0.29) is 12.1 Å². The molecule has 0 aromatic rings. The summed E-state index contributed by atoms with van der Waals surface area (Å²) in [5.74, 6) is 5.15. The van der Waals surface area contributed by atoms with Crippen LogP contribution in [0.2, 0.25) is 0 Å². The van der Waals surface area contributed by atoms with E-state index in [4.69, 9.17) is 4.74 Å². The third-order valence-corrected chi connectivity index (χ3v) is 10.9. The van der Waals surface area contributed by atoms with E-state index in [1.54, 1.807) is 12.6 Å². The summed E-state index contributed by atoms with van der Waals surface area (Å²) in [5.41, 5.74) is 2.49. The third kappa shape index (κ3) is 4.82. The second-order valence-electron chi connectivity index (χ2n) is 13.2. The molecule has 0 heterocycles. The van der Waals surface area contributed by atoms with Crippen LogP contribution in [-0.2, 0) is 9.53 Å². The molecule has 3 nitrogen and oxygen atoms in total. The standard InChI is InChI=1S/C30H51NO2/c1-20(2)8-7-9-21(3)25-12-13-26-24-11-10-22-18-23(33-28(32)19-31-6)14-16-29(22,4)27(24)15-17-30(25,26)5/h10,20-21,23-27,31H,7-9,11-19H2,1-6H3/t21-,23?,24+,25-,26+,27+,29+,30-/m1/s1. The van der Waals surface area contributed by atoms with Crippen molar-refractivity contribution in [3.05, 3.63) is 11.6 Å². The van der Waals surface area contributed by atoms with E-state index in [0.29, 0.717) is 17.4 Å². The van der Waals surface area contributed by atoms with Gasteiger partial charge in [0.2, 0.25) is 0 Å². The molecule has 4 aliphatic carbocycles. The predicted molar refractivity (Wildman–Crippen MR) is 137 cm³/mol. The molecule has 3 saturated carbocycles. The summed E-state index contributed by atoms with van der Waals surface area (Å²) in [4.78, 5) is 12.0. The first-order chi connectivity index (χ1) is 15.7. The van der Waals surface area contributed by atoms with Gasteiger partial charge in [0.25, 0.3) is 0 Å². The summed E-state index contributed by atoms with van der Waals surface area (Å²) < 4.78 is 5.79. The van der Waals surface area contributed by atoms with Crippen LogP contribution in [0.3, 0.4) is 0 Å². The Morgan fingerprint density at radius 3 is 2.61 bits per heavy atom. The van der Waals surface area contributed by atoms with Crippen molar-refractivity contribution < 1.29 is 9.53 Å². The normalized spacial score (nSPS) is 41.1. The van der Waals surface area contributed by atoms with E-state index < -0.39 is 0 Å². The maximum Gasteiger partial charge on any atom is 0.320 e. The number of rotatable bonds is 8. The molecular weight excluding hydrogens is 406 g/mol. The van der Waals surface area contributed by atoms with Gasteiger partial charge in [-0.1, -0.05) is 65.5 Å². The molecule has 0 aliphatic heterocycles. The lowest BCUT2D eigenvalue weighted by Crippen LogP contribution is -2.51. The first-order valence-corrected chi connectivity index (χ1v) is 14.2. The number of fused-ring (bicyclic) bond motifs is 5. The highest BCUT2D eigenvalue weighted by molar-refractivity contribution is 5.71. The number of carbonyl (C=O) groups excluding carboxylic acids is 1. The Balaban J connectivity index is 1.43. The van der Waals surface area contributed by atoms with Gasteiger partial charge in [-0.3, -0.25) is 4.79 Å². The number of ether oxygens (including phenoxy) is 1. The zero-order chi connectivity index (χ0) is 23.8. The molecule has 33 heavy (non-hydrogen) atoms. The highest BCUT2D eigenvalue weighted by atomic mass is 16.5. The molecule has 0 spiro atoms. The lowest BCUT2D eigenvalue weighted by atomic mass is 9.47. The van der Waals surface area contributed by atoms with Crippen LogP contribution in [0.15, 0.2) is 11.6 Å². The van der Waals surface area contributed by atoms with Gasteiger partial charge in [0.1, 0.15) is 6.10 Å². The quantitative estimate of drug-likeness (QED) is 0.310. The highest BCUT2D eigenvalue weighted by Gasteiger charge is 2.59. The second kappa shape index (κ2) is 10.0. The van der Waals surface area contributed by atoms with Crippen molar-refractivity contribution in [2.24, 2.45) is 46.3 Å². The maximum absolute atomic E-state index is 12.0. The fraction of sp³-hybridized carbons (Fsp3) is 0.900. The molecule has 8 atom stereocenters. The van der Waals surface area contributed by atoms with Crippen molar-refractivity contribution in [3.63, 3.8) is 0 Å². The van der Waals surface area contributed by atoms with Gasteiger partial charge in [-0.2, -0.15) is 0 Å². The Kier molecular flexibility index (Phi) is 7.68. The maximum atomic E-state index is 12.0. The molecule has 1 N–H and O–H groups in total. The van der Waals surface area contributed by atoms with Gasteiger partial charge in [-0.25, -0.2) is 0 Å². The van der Waals surface area contributed by atoms with Crippen LogP contribution in [0.25, 0.3) is 0 Å². The van der Waals surface area contributed by atoms with Crippen molar-refractivity contribution in [3.8, 4) is 0 Å². The molecule has 4 aliphatic rings. The number of esters is 1. The highest BCUT2D eigenvalue weighted by Crippen LogP contribution is 2.67. The van der Waals surface area contributed by atoms with Crippen LogP contribution in [0.5, 0.6) is 0 Å². The smallest absolute Gasteiger partial charge is 0.320 e. The first kappa shape index (κ1) is 25.3. The summed E-state index contributed by atoms with van der Waals surface area (Å²) >= 11 is 0. The van der Waals surface area contributed by atoms with Gasteiger partial charge in [-0.15, -0.1) is 0 Å². The summed E-state index contributed by atoms with van der Waals surface area (Å²) in [6, 6.07) is 0. The molecule has 3 heteroatoms. The van der Waals surface area contributed by atoms with Gasteiger partial charge in [0, 0.05) is 6.42 Å². The van der Waals surface area contributed by atoms with Crippen molar-refractivity contribution in [2.75, 3.05) is 13.6 Å². The second-order valence-corrected chi connectivity index (χ2v) is 13.2. The van der Waals surface area contributed by atoms with Gasteiger partial charge in [0.05, 0.1) is 6.54 Å².